The van der Waals surface area contributed by atoms with Crippen LogP contribution in [0.4, 0.5) is 14.5 Å². The van der Waals surface area contributed by atoms with Crippen molar-refractivity contribution in [3.63, 3.8) is 0 Å². The van der Waals surface area contributed by atoms with Crippen molar-refractivity contribution in [2.24, 2.45) is 0 Å². The summed E-state index contributed by atoms with van der Waals surface area (Å²) < 4.78 is 40.2. The van der Waals surface area contributed by atoms with Crippen molar-refractivity contribution in [1.29, 1.82) is 0 Å². The number of pyridine rings is 1. The van der Waals surface area contributed by atoms with Gasteiger partial charge in [0.05, 0.1) is 36.6 Å². The van der Waals surface area contributed by atoms with Gasteiger partial charge in [-0.2, -0.15) is 5.10 Å². The lowest BCUT2D eigenvalue weighted by Gasteiger charge is -2.29. The summed E-state index contributed by atoms with van der Waals surface area (Å²) in [5.74, 6) is -2.24. The molecule has 3 heterocycles. The Morgan fingerprint density at radius 3 is 2.42 bits per heavy atom. The molecule has 1 aliphatic heterocycles. The number of nitrogens with zero attached hydrogens (tertiary/aromatic N) is 4. The molecule has 7 nitrogen and oxygen atoms in total. The SMILES string of the molecule is CCOC(=O)c1cc(-c2ccc(N3CCOCC3)cc2)c2c(C3CCC3)nn(-c3ccc(F)c(F)c3)c2n1. The van der Waals surface area contributed by atoms with Crippen molar-refractivity contribution < 1.29 is 23.0 Å². The molecule has 1 saturated heterocycles. The molecule has 1 aliphatic carbocycles. The molecule has 2 aromatic carbocycles. The average Bonchev–Trinajstić information content (AvgIpc) is 3.28. The van der Waals surface area contributed by atoms with Crippen LogP contribution in [-0.2, 0) is 9.47 Å². The zero-order chi connectivity index (χ0) is 26.2. The summed E-state index contributed by atoms with van der Waals surface area (Å²) in [5.41, 5.74) is 4.55. The van der Waals surface area contributed by atoms with Crippen LogP contribution in [0.25, 0.3) is 27.8 Å². The molecule has 196 valence electrons. The third-order valence-corrected chi connectivity index (χ3v) is 7.34. The second-order valence-corrected chi connectivity index (χ2v) is 9.64. The van der Waals surface area contributed by atoms with Gasteiger partial charge in [0.25, 0.3) is 0 Å². The first kappa shape index (κ1) is 24.5. The topological polar surface area (TPSA) is 69.5 Å². The molecule has 2 aromatic heterocycles. The van der Waals surface area contributed by atoms with Crippen LogP contribution in [0.5, 0.6) is 0 Å². The Hall–Kier alpha value is -3.85. The number of fused-ring (bicyclic) bond motifs is 1. The molecule has 1 saturated carbocycles. The van der Waals surface area contributed by atoms with E-state index in [2.05, 4.69) is 22.0 Å². The Morgan fingerprint density at radius 2 is 1.76 bits per heavy atom. The molecule has 2 aliphatic rings. The molecular formula is C29H28F2N4O3. The summed E-state index contributed by atoms with van der Waals surface area (Å²) in [4.78, 5) is 19.8. The van der Waals surface area contributed by atoms with Gasteiger partial charge in [-0.3, -0.25) is 0 Å². The fourth-order valence-corrected chi connectivity index (χ4v) is 5.12. The number of anilines is 1. The highest BCUT2D eigenvalue weighted by atomic mass is 19.2. The van der Waals surface area contributed by atoms with Crippen LogP contribution in [0.2, 0.25) is 0 Å². The predicted octanol–water partition coefficient (Wildman–Crippen LogP) is 5.65. The quantitative estimate of drug-likeness (QED) is 0.308. The lowest BCUT2D eigenvalue weighted by atomic mass is 9.81. The van der Waals surface area contributed by atoms with Crippen molar-refractivity contribution >= 4 is 22.7 Å². The van der Waals surface area contributed by atoms with Crippen LogP contribution < -0.4 is 4.90 Å². The van der Waals surface area contributed by atoms with Gasteiger partial charge in [0.2, 0.25) is 0 Å². The number of hydrogen-bond donors (Lipinski definition) is 0. The van der Waals surface area contributed by atoms with Crippen molar-refractivity contribution in [2.45, 2.75) is 32.1 Å². The molecule has 0 N–H and O–H groups in total. The number of benzene rings is 2. The molecule has 4 aromatic rings. The third kappa shape index (κ3) is 4.41. The summed E-state index contributed by atoms with van der Waals surface area (Å²) in [7, 11) is 0. The zero-order valence-corrected chi connectivity index (χ0v) is 21.1. The lowest BCUT2D eigenvalue weighted by molar-refractivity contribution is 0.0520. The molecule has 6 rings (SSSR count). The average molecular weight is 519 g/mol. The summed E-state index contributed by atoms with van der Waals surface area (Å²) in [6, 6.07) is 13.6. The molecule has 0 spiro atoms. The Morgan fingerprint density at radius 1 is 1.03 bits per heavy atom. The first-order valence-corrected chi connectivity index (χ1v) is 13.0. The highest BCUT2D eigenvalue weighted by molar-refractivity contribution is 6.00. The number of hydrogen-bond acceptors (Lipinski definition) is 6. The molecule has 0 radical (unpaired) electrons. The van der Waals surface area contributed by atoms with Crippen LogP contribution in [0, 0.1) is 11.6 Å². The molecular weight excluding hydrogens is 490 g/mol. The second-order valence-electron chi connectivity index (χ2n) is 9.64. The van der Waals surface area contributed by atoms with E-state index in [1.807, 2.05) is 12.1 Å². The van der Waals surface area contributed by atoms with E-state index < -0.39 is 17.6 Å². The number of carbonyl (C=O) groups excluding carboxylic acids is 1. The van der Waals surface area contributed by atoms with E-state index in [-0.39, 0.29) is 18.2 Å². The van der Waals surface area contributed by atoms with E-state index in [4.69, 9.17) is 14.6 Å². The van der Waals surface area contributed by atoms with Crippen molar-refractivity contribution in [3.8, 4) is 16.8 Å². The molecule has 0 unspecified atom stereocenters. The van der Waals surface area contributed by atoms with Crippen LogP contribution in [-0.4, -0.2) is 53.6 Å². The molecule has 0 atom stereocenters. The van der Waals surface area contributed by atoms with Crippen molar-refractivity contribution in [2.75, 3.05) is 37.8 Å². The molecule has 9 heteroatoms. The highest BCUT2D eigenvalue weighted by Gasteiger charge is 2.30. The third-order valence-electron chi connectivity index (χ3n) is 7.34. The fraction of sp³-hybridized carbons (Fsp3) is 0.345. The predicted molar refractivity (Wildman–Crippen MR) is 140 cm³/mol. The normalized spacial score (nSPS) is 16.0. The zero-order valence-electron chi connectivity index (χ0n) is 21.1. The summed E-state index contributed by atoms with van der Waals surface area (Å²) >= 11 is 0. The summed E-state index contributed by atoms with van der Waals surface area (Å²) in [5, 5.41) is 5.68. The smallest absolute Gasteiger partial charge is 0.357 e. The van der Waals surface area contributed by atoms with Gasteiger partial charge in [0.15, 0.2) is 23.0 Å². The first-order chi connectivity index (χ1) is 18.5. The Labute approximate surface area is 219 Å². The van der Waals surface area contributed by atoms with Gasteiger partial charge in [-0.05, 0) is 61.2 Å². The van der Waals surface area contributed by atoms with Crippen molar-refractivity contribution in [3.05, 3.63) is 71.6 Å². The van der Waals surface area contributed by atoms with E-state index in [0.29, 0.717) is 24.5 Å². The molecule has 0 amide bonds. The number of carbonyl (C=O) groups is 1. The van der Waals surface area contributed by atoms with Gasteiger partial charge < -0.3 is 14.4 Å². The lowest BCUT2D eigenvalue weighted by Crippen LogP contribution is -2.36. The van der Waals surface area contributed by atoms with Crippen LogP contribution >= 0.6 is 0 Å². The van der Waals surface area contributed by atoms with E-state index in [9.17, 15) is 13.6 Å². The van der Waals surface area contributed by atoms with Gasteiger partial charge in [0, 0.05) is 30.8 Å². The van der Waals surface area contributed by atoms with E-state index >= 15 is 0 Å². The van der Waals surface area contributed by atoms with E-state index in [1.165, 1.54) is 10.7 Å². The Balaban J connectivity index is 1.55. The maximum atomic E-state index is 14.2. The number of rotatable bonds is 6. The Kier molecular flexibility index (Phi) is 6.53. The number of morpholine rings is 1. The maximum Gasteiger partial charge on any atom is 0.357 e. The minimum absolute atomic E-state index is 0.135. The van der Waals surface area contributed by atoms with E-state index in [1.54, 1.807) is 13.0 Å². The number of ether oxygens (including phenoxy) is 2. The monoisotopic (exact) mass is 518 g/mol. The summed E-state index contributed by atoms with van der Waals surface area (Å²) in [6.45, 7) is 5.00. The fourth-order valence-electron chi connectivity index (χ4n) is 5.12. The summed E-state index contributed by atoms with van der Waals surface area (Å²) in [6.07, 6.45) is 3.07. The van der Waals surface area contributed by atoms with Crippen LogP contribution in [0.1, 0.15) is 48.3 Å². The standard InChI is InChI=1S/C29H28F2N4O3/c1-2-38-29(36)25-17-22(18-6-8-20(9-7-18)34-12-14-37-15-13-34)26-27(19-4-3-5-19)33-35(28(26)32-25)21-10-11-23(30)24(31)16-21/h6-11,16-17,19H,2-5,12-15H2,1H3. The second kappa shape index (κ2) is 10.1. The van der Waals surface area contributed by atoms with Crippen LogP contribution in [0.3, 0.4) is 0 Å². The molecule has 0 bridgehead atoms. The van der Waals surface area contributed by atoms with Gasteiger partial charge in [-0.25, -0.2) is 23.2 Å². The van der Waals surface area contributed by atoms with Gasteiger partial charge >= 0.3 is 5.97 Å². The minimum Gasteiger partial charge on any atom is -0.461 e. The first-order valence-electron chi connectivity index (χ1n) is 13.0. The molecule has 2 fully saturated rings. The van der Waals surface area contributed by atoms with Gasteiger partial charge in [-0.15, -0.1) is 0 Å². The minimum atomic E-state index is -0.975. The number of halogens is 2. The number of aromatic nitrogens is 3. The molecule has 38 heavy (non-hydrogen) atoms. The maximum absolute atomic E-state index is 14.2. The van der Waals surface area contributed by atoms with Gasteiger partial charge in [0.1, 0.15) is 0 Å². The largest absolute Gasteiger partial charge is 0.461 e. The van der Waals surface area contributed by atoms with Gasteiger partial charge in [-0.1, -0.05) is 18.6 Å². The Bertz CT molecular complexity index is 1490. The number of esters is 1. The highest BCUT2D eigenvalue weighted by Crippen LogP contribution is 2.43. The van der Waals surface area contributed by atoms with Crippen LogP contribution in [0.15, 0.2) is 48.5 Å². The van der Waals surface area contributed by atoms with Crippen molar-refractivity contribution in [1.82, 2.24) is 14.8 Å². The van der Waals surface area contributed by atoms with E-state index in [0.717, 1.165) is 72.4 Å².